The van der Waals surface area contributed by atoms with Crippen LogP contribution in [0.25, 0.3) is 0 Å². The summed E-state index contributed by atoms with van der Waals surface area (Å²) < 4.78 is 31.5. The molecule has 0 bridgehead atoms. The lowest BCUT2D eigenvalue weighted by Crippen LogP contribution is -1.99. The van der Waals surface area contributed by atoms with E-state index in [2.05, 4.69) is 4.98 Å². The van der Waals surface area contributed by atoms with Gasteiger partial charge in [0.1, 0.15) is 5.75 Å². The maximum atomic E-state index is 13.3. The lowest BCUT2D eigenvalue weighted by atomic mass is 10.3. The number of hydrogen-bond donors (Lipinski definition) is 1. The molecule has 0 radical (unpaired) electrons. The van der Waals surface area contributed by atoms with Crippen molar-refractivity contribution < 1.29 is 13.5 Å². The van der Waals surface area contributed by atoms with Gasteiger partial charge >= 0.3 is 0 Å². The zero-order valence-electron chi connectivity index (χ0n) is 8.86. The van der Waals surface area contributed by atoms with E-state index in [1.165, 1.54) is 18.3 Å². The van der Waals surface area contributed by atoms with Crippen LogP contribution >= 0.6 is 0 Å². The normalized spacial score (nSPS) is 10.3. The van der Waals surface area contributed by atoms with Crippen molar-refractivity contribution in [1.82, 2.24) is 4.98 Å². The molecule has 1 aromatic heterocycles. The molecule has 0 atom stereocenters. The molecule has 1 aromatic carbocycles. The topological polar surface area (TPSA) is 48.1 Å². The van der Waals surface area contributed by atoms with Crippen LogP contribution in [0.3, 0.4) is 0 Å². The number of nitrogens with zero attached hydrogens (tertiary/aromatic N) is 1. The van der Waals surface area contributed by atoms with Crippen molar-refractivity contribution in [1.29, 1.82) is 0 Å². The third-order valence-corrected chi connectivity index (χ3v) is 2.14. The summed E-state index contributed by atoms with van der Waals surface area (Å²) in [6.45, 7) is 0.253. The summed E-state index contributed by atoms with van der Waals surface area (Å²) >= 11 is 0. The van der Waals surface area contributed by atoms with E-state index < -0.39 is 11.6 Å². The summed E-state index contributed by atoms with van der Waals surface area (Å²) in [7, 11) is 0. The number of ether oxygens (including phenoxy) is 1. The van der Waals surface area contributed by atoms with Gasteiger partial charge in [-0.25, -0.2) is 4.39 Å². The minimum absolute atomic E-state index is 0.167. The second-order valence-electron chi connectivity index (χ2n) is 3.34. The highest BCUT2D eigenvalue weighted by atomic mass is 19.2. The maximum absolute atomic E-state index is 13.3. The van der Waals surface area contributed by atoms with Gasteiger partial charge in [-0.05, 0) is 18.2 Å². The average molecular weight is 236 g/mol. The smallest absolute Gasteiger partial charge is 0.201 e. The van der Waals surface area contributed by atoms with Crippen LogP contribution in [-0.2, 0) is 6.54 Å². The van der Waals surface area contributed by atoms with Crippen molar-refractivity contribution >= 4 is 0 Å². The van der Waals surface area contributed by atoms with Crippen molar-refractivity contribution in [2.24, 2.45) is 5.73 Å². The van der Waals surface area contributed by atoms with E-state index in [9.17, 15) is 8.78 Å². The first-order valence-corrected chi connectivity index (χ1v) is 4.97. The largest absolute Gasteiger partial charge is 0.454 e. The van der Waals surface area contributed by atoms with E-state index in [0.29, 0.717) is 11.4 Å². The van der Waals surface area contributed by atoms with Crippen LogP contribution < -0.4 is 10.5 Å². The molecule has 0 fully saturated rings. The van der Waals surface area contributed by atoms with Crippen LogP contribution in [0.2, 0.25) is 0 Å². The Morgan fingerprint density at radius 1 is 1.24 bits per heavy atom. The molecule has 1 heterocycles. The first kappa shape index (κ1) is 11.5. The molecule has 0 spiro atoms. The summed E-state index contributed by atoms with van der Waals surface area (Å²) in [6, 6.07) is 6.87. The quantitative estimate of drug-likeness (QED) is 0.891. The number of benzene rings is 1. The van der Waals surface area contributed by atoms with E-state index in [0.717, 1.165) is 6.07 Å². The molecule has 0 aliphatic carbocycles. The molecule has 2 N–H and O–H groups in total. The third kappa shape index (κ3) is 2.57. The average Bonchev–Trinajstić information content (AvgIpc) is 2.35. The second-order valence-corrected chi connectivity index (χ2v) is 3.34. The molecule has 0 unspecified atom stereocenters. The van der Waals surface area contributed by atoms with Crippen molar-refractivity contribution in [2.75, 3.05) is 0 Å². The lowest BCUT2D eigenvalue weighted by molar-refractivity contribution is 0.415. The standard InChI is InChI=1S/C12H10F2N2O/c13-10-2-1-3-11(12(10)14)17-9-4-5-16-8(6-9)7-15/h1-6H,7,15H2. The first-order chi connectivity index (χ1) is 8.20. The van der Waals surface area contributed by atoms with Gasteiger partial charge in [-0.15, -0.1) is 0 Å². The Bertz CT molecular complexity index is 532. The second kappa shape index (κ2) is 4.88. The summed E-state index contributed by atoms with van der Waals surface area (Å²) in [5.41, 5.74) is 6.02. The Morgan fingerprint density at radius 2 is 2.06 bits per heavy atom. The van der Waals surface area contributed by atoms with Gasteiger partial charge in [0.15, 0.2) is 11.6 Å². The molecule has 0 saturated heterocycles. The maximum Gasteiger partial charge on any atom is 0.201 e. The van der Waals surface area contributed by atoms with Gasteiger partial charge in [0.2, 0.25) is 5.82 Å². The predicted octanol–water partition coefficient (Wildman–Crippen LogP) is 2.61. The van der Waals surface area contributed by atoms with E-state index in [4.69, 9.17) is 10.5 Å². The molecule has 0 saturated carbocycles. The molecule has 0 aliphatic heterocycles. The molecule has 88 valence electrons. The molecular formula is C12H10F2N2O. The lowest BCUT2D eigenvalue weighted by Gasteiger charge is -2.07. The van der Waals surface area contributed by atoms with Crippen LogP contribution in [-0.4, -0.2) is 4.98 Å². The Labute approximate surface area is 96.9 Å². The monoisotopic (exact) mass is 236 g/mol. The van der Waals surface area contributed by atoms with Crippen LogP contribution in [0.1, 0.15) is 5.69 Å². The molecule has 0 amide bonds. The van der Waals surface area contributed by atoms with Gasteiger partial charge in [0.05, 0.1) is 5.69 Å². The van der Waals surface area contributed by atoms with Gasteiger partial charge in [0.25, 0.3) is 0 Å². The van der Waals surface area contributed by atoms with Crippen molar-refractivity contribution in [2.45, 2.75) is 6.54 Å². The number of hydrogen-bond acceptors (Lipinski definition) is 3. The summed E-state index contributed by atoms with van der Waals surface area (Å²) in [5, 5.41) is 0. The summed E-state index contributed by atoms with van der Waals surface area (Å²) in [6.07, 6.45) is 1.49. The fraction of sp³-hybridized carbons (Fsp3) is 0.0833. The van der Waals surface area contributed by atoms with Crippen LogP contribution in [0.15, 0.2) is 36.5 Å². The van der Waals surface area contributed by atoms with Crippen LogP contribution in [0, 0.1) is 11.6 Å². The highest BCUT2D eigenvalue weighted by Gasteiger charge is 2.09. The summed E-state index contributed by atoms with van der Waals surface area (Å²) in [5.74, 6) is -1.77. The predicted molar refractivity (Wildman–Crippen MR) is 58.6 cm³/mol. The van der Waals surface area contributed by atoms with Gasteiger partial charge in [0, 0.05) is 18.8 Å². The Morgan fingerprint density at radius 3 is 2.82 bits per heavy atom. The molecule has 3 nitrogen and oxygen atoms in total. The van der Waals surface area contributed by atoms with E-state index in [1.807, 2.05) is 0 Å². The van der Waals surface area contributed by atoms with Gasteiger partial charge in [-0.1, -0.05) is 6.07 Å². The van der Waals surface area contributed by atoms with Crippen molar-refractivity contribution in [3.63, 3.8) is 0 Å². The van der Waals surface area contributed by atoms with Gasteiger partial charge in [-0.3, -0.25) is 4.98 Å². The zero-order valence-corrected chi connectivity index (χ0v) is 8.86. The van der Waals surface area contributed by atoms with Crippen molar-refractivity contribution in [3.05, 3.63) is 53.9 Å². The molecule has 2 aromatic rings. The Hall–Kier alpha value is -2.01. The van der Waals surface area contributed by atoms with Gasteiger partial charge < -0.3 is 10.5 Å². The fourth-order valence-corrected chi connectivity index (χ4v) is 1.32. The molecule has 5 heteroatoms. The highest BCUT2D eigenvalue weighted by Crippen LogP contribution is 2.25. The number of rotatable bonds is 3. The Balaban J connectivity index is 2.28. The van der Waals surface area contributed by atoms with Crippen LogP contribution in [0.4, 0.5) is 8.78 Å². The molecule has 17 heavy (non-hydrogen) atoms. The third-order valence-electron chi connectivity index (χ3n) is 2.14. The molecule has 0 aliphatic rings. The van der Waals surface area contributed by atoms with Crippen molar-refractivity contribution in [3.8, 4) is 11.5 Å². The van der Waals surface area contributed by atoms with Gasteiger partial charge in [-0.2, -0.15) is 4.39 Å². The first-order valence-electron chi connectivity index (χ1n) is 4.97. The number of aromatic nitrogens is 1. The number of nitrogens with two attached hydrogens (primary N) is 1. The van der Waals surface area contributed by atoms with E-state index in [1.54, 1.807) is 12.1 Å². The van der Waals surface area contributed by atoms with E-state index >= 15 is 0 Å². The van der Waals surface area contributed by atoms with Crippen LogP contribution in [0.5, 0.6) is 11.5 Å². The minimum atomic E-state index is -1.02. The SMILES string of the molecule is NCc1cc(Oc2cccc(F)c2F)ccn1. The Kier molecular flexibility index (Phi) is 3.30. The van der Waals surface area contributed by atoms with E-state index in [-0.39, 0.29) is 12.3 Å². The number of pyridine rings is 1. The molecule has 2 rings (SSSR count). The summed E-state index contributed by atoms with van der Waals surface area (Å²) in [4.78, 5) is 3.97. The number of halogens is 2. The fourth-order valence-electron chi connectivity index (χ4n) is 1.32. The zero-order chi connectivity index (χ0) is 12.3. The minimum Gasteiger partial charge on any atom is -0.454 e. The highest BCUT2D eigenvalue weighted by molar-refractivity contribution is 5.32. The molecular weight excluding hydrogens is 226 g/mol.